The average Bonchev–Trinajstić information content (AvgIpc) is 2.38. The van der Waals surface area contributed by atoms with Crippen molar-refractivity contribution in [3.05, 3.63) is 0 Å². The molecule has 2 unspecified atom stereocenters. The number of hydrogen-bond donors (Lipinski definition) is 3. The first kappa shape index (κ1) is 17.0. The molecule has 2 atom stereocenters. The van der Waals surface area contributed by atoms with Gasteiger partial charge < -0.3 is 16.2 Å². The molecule has 5 nitrogen and oxygen atoms in total. The molecule has 20 heavy (non-hydrogen) atoms. The third kappa shape index (κ3) is 5.12. The molecule has 1 fully saturated rings. The van der Waals surface area contributed by atoms with Gasteiger partial charge in [-0.25, -0.2) is 4.79 Å². The molecule has 1 rings (SSSR count). The lowest BCUT2D eigenvalue weighted by atomic mass is 9.76. The summed E-state index contributed by atoms with van der Waals surface area (Å²) >= 11 is 0. The normalized spacial score (nSPS) is 26.2. The van der Waals surface area contributed by atoms with Gasteiger partial charge in [0.05, 0.1) is 0 Å². The van der Waals surface area contributed by atoms with Gasteiger partial charge in [0.15, 0.2) is 0 Å². The van der Waals surface area contributed by atoms with Crippen LogP contribution < -0.4 is 11.1 Å². The van der Waals surface area contributed by atoms with E-state index >= 15 is 0 Å². The van der Waals surface area contributed by atoms with Crippen LogP contribution in [0.2, 0.25) is 0 Å². The van der Waals surface area contributed by atoms with Crippen molar-refractivity contribution in [2.45, 2.75) is 70.3 Å². The molecule has 4 N–H and O–H groups in total. The van der Waals surface area contributed by atoms with Crippen LogP contribution in [0, 0.1) is 5.92 Å². The molecule has 0 heterocycles. The van der Waals surface area contributed by atoms with Crippen molar-refractivity contribution in [1.82, 2.24) is 5.32 Å². The second kappa shape index (κ2) is 8.25. The van der Waals surface area contributed by atoms with E-state index in [-0.39, 0.29) is 5.91 Å². The van der Waals surface area contributed by atoms with Crippen LogP contribution in [0.1, 0.15) is 64.7 Å². The Bertz CT molecular complexity index is 333. The molecule has 5 heteroatoms. The van der Waals surface area contributed by atoms with Gasteiger partial charge >= 0.3 is 5.97 Å². The van der Waals surface area contributed by atoms with Gasteiger partial charge in [0.25, 0.3) is 0 Å². The fourth-order valence-corrected chi connectivity index (χ4v) is 3.03. The predicted molar refractivity (Wildman–Crippen MR) is 78.3 cm³/mol. The zero-order valence-corrected chi connectivity index (χ0v) is 12.5. The molecule has 1 aliphatic rings. The fourth-order valence-electron chi connectivity index (χ4n) is 3.03. The third-order valence-electron chi connectivity index (χ3n) is 4.14. The van der Waals surface area contributed by atoms with Gasteiger partial charge in [-0.15, -0.1) is 0 Å². The van der Waals surface area contributed by atoms with E-state index in [2.05, 4.69) is 12.2 Å². The van der Waals surface area contributed by atoms with Gasteiger partial charge in [-0.3, -0.25) is 4.79 Å². The lowest BCUT2D eigenvalue weighted by Crippen LogP contribution is -2.56. The van der Waals surface area contributed by atoms with Crippen LogP contribution in [0.5, 0.6) is 0 Å². The van der Waals surface area contributed by atoms with Gasteiger partial charge in [-0.05, 0) is 38.1 Å². The van der Waals surface area contributed by atoms with E-state index in [0.717, 1.165) is 38.5 Å². The highest BCUT2D eigenvalue weighted by atomic mass is 16.4. The number of nitrogens with two attached hydrogens (primary N) is 1. The number of unbranched alkanes of at least 4 members (excludes halogenated alkanes) is 3. The Balaban J connectivity index is 2.41. The second-order valence-electron chi connectivity index (χ2n) is 6.09. The SMILES string of the molecule is CC1CCCC(NC(=O)CCCCCCN)(C(=O)O)C1. The summed E-state index contributed by atoms with van der Waals surface area (Å²) in [6.45, 7) is 2.74. The third-order valence-corrected chi connectivity index (χ3v) is 4.14. The number of carbonyl (C=O) groups is 2. The van der Waals surface area contributed by atoms with E-state index in [1.165, 1.54) is 0 Å². The number of hydrogen-bond acceptors (Lipinski definition) is 3. The molecular formula is C15H28N2O3. The standard InChI is InChI=1S/C15H28N2O3/c1-12-7-6-9-15(11-12,14(19)20)17-13(18)8-4-2-3-5-10-16/h12H,2-11,16H2,1H3,(H,17,18)(H,19,20). The first-order chi connectivity index (χ1) is 9.50. The smallest absolute Gasteiger partial charge is 0.329 e. The lowest BCUT2D eigenvalue weighted by molar-refractivity contribution is -0.150. The number of carbonyl (C=O) groups excluding carboxylic acids is 1. The minimum Gasteiger partial charge on any atom is -0.480 e. The molecule has 0 aromatic rings. The van der Waals surface area contributed by atoms with Gasteiger partial charge in [-0.1, -0.05) is 32.6 Å². The first-order valence-electron chi connectivity index (χ1n) is 7.74. The van der Waals surface area contributed by atoms with Gasteiger partial charge in [-0.2, -0.15) is 0 Å². The second-order valence-corrected chi connectivity index (χ2v) is 6.09. The Morgan fingerprint density at radius 3 is 2.60 bits per heavy atom. The first-order valence-corrected chi connectivity index (χ1v) is 7.74. The molecule has 0 bridgehead atoms. The summed E-state index contributed by atoms with van der Waals surface area (Å²) < 4.78 is 0. The molecule has 0 saturated heterocycles. The Labute approximate surface area is 121 Å². The maximum absolute atomic E-state index is 12.0. The van der Waals surface area contributed by atoms with E-state index in [0.29, 0.717) is 31.7 Å². The summed E-state index contributed by atoms with van der Waals surface area (Å²) in [4.78, 5) is 23.5. The maximum atomic E-state index is 12.0. The maximum Gasteiger partial charge on any atom is 0.329 e. The highest BCUT2D eigenvalue weighted by Gasteiger charge is 2.42. The Morgan fingerprint density at radius 1 is 1.30 bits per heavy atom. The zero-order chi connectivity index (χ0) is 15.0. The van der Waals surface area contributed by atoms with Crippen molar-refractivity contribution in [3.63, 3.8) is 0 Å². The molecule has 0 aliphatic heterocycles. The van der Waals surface area contributed by atoms with E-state index in [1.54, 1.807) is 0 Å². The fraction of sp³-hybridized carbons (Fsp3) is 0.867. The summed E-state index contributed by atoms with van der Waals surface area (Å²) in [7, 11) is 0. The summed E-state index contributed by atoms with van der Waals surface area (Å²) in [5.41, 5.74) is 4.38. The highest BCUT2D eigenvalue weighted by Crippen LogP contribution is 2.32. The summed E-state index contributed by atoms with van der Waals surface area (Å²) in [5, 5.41) is 12.3. The van der Waals surface area contributed by atoms with E-state index in [4.69, 9.17) is 5.73 Å². The molecule has 1 amide bonds. The van der Waals surface area contributed by atoms with Crippen LogP contribution >= 0.6 is 0 Å². The minimum atomic E-state index is -1.04. The average molecular weight is 284 g/mol. The van der Waals surface area contributed by atoms with Crippen molar-refractivity contribution < 1.29 is 14.7 Å². The number of carboxylic acid groups (broad SMARTS) is 1. The predicted octanol–water partition coefficient (Wildman–Crippen LogP) is 2.05. The van der Waals surface area contributed by atoms with Gasteiger partial charge in [0, 0.05) is 6.42 Å². The van der Waals surface area contributed by atoms with E-state index < -0.39 is 11.5 Å². The number of aliphatic carboxylic acids is 1. The quantitative estimate of drug-likeness (QED) is 0.595. The van der Waals surface area contributed by atoms with Crippen molar-refractivity contribution in [3.8, 4) is 0 Å². The van der Waals surface area contributed by atoms with Crippen LogP contribution in [0.4, 0.5) is 0 Å². The number of carboxylic acids is 1. The monoisotopic (exact) mass is 284 g/mol. The Hall–Kier alpha value is -1.10. The molecule has 0 aromatic carbocycles. The van der Waals surface area contributed by atoms with Crippen LogP contribution in [0.25, 0.3) is 0 Å². The molecule has 1 aliphatic carbocycles. The van der Waals surface area contributed by atoms with Gasteiger partial charge in [0.1, 0.15) is 5.54 Å². The van der Waals surface area contributed by atoms with Crippen LogP contribution in [-0.4, -0.2) is 29.1 Å². The number of nitrogens with one attached hydrogen (secondary N) is 1. The molecular weight excluding hydrogens is 256 g/mol. The van der Waals surface area contributed by atoms with Gasteiger partial charge in [0.2, 0.25) is 5.91 Å². The summed E-state index contributed by atoms with van der Waals surface area (Å²) in [6, 6.07) is 0. The summed E-state index contributed by atoms with van der Waals surface area (Å²) in [5.74, 6) is -0.667. The van der Waals surface area contributed by atoms with Crippen LogP contribution in [0.15, 0.2) is 0 Å². The number of amides is 1. The van der Waals surface area contributed by atoms with Crippen molar-refractivity contribution in [1.29, 1.82) is 0 Å². The topological polar surface area (TPSA) is 92.4 Å². The van der Waals surface area contributed by atoms with E-state index in [1.807, 2.05) is 0 Å². The van der Waals surface area contributed by atoms with Crippen molar-refractivity contribution >= 4 is 11.9 Å². The molecule has 1 saturated carbocycles. The molecule has 0 spiro atoms. The lowest BCUT2D eigenvalue weighted by Gasteiger charge is -2.37. The van der Waals surface area contributed by atoms with Crippen LogP contribution in [-0.2, 0) is 9.59 Å². The largest absolute Gasteiger partial charge is 0.480 e. The molecule has 116 valence electrons. The van der Waals surface area contributed by atoms with Crippen molar-refractivity contribution in [2.75, 3.05) is 6.54 Å². The van der Waals surface area contributed by atoms with Crippen LogP contribution in [0.3, 0.4) is 0 Å². The highest BCUT2D eigenvalue weighted by molar-refractivity contribution is 5.87. The van der Waals surface area contributed by atoms with Crippen molar-refractivity contribution in [2.24, 2.45) is 11.7 Å². The Kier molecular flexibility index (Phi) is 6.99. The summed E-state index contributed by atoms with van der Waals surface area (Å²) in [6.07, 6.45) is 7.20. The minimum absolute atomic E-state index is 0.130. The Morgan fingerprint density at radius 2 is 2.00 bits per heavy atom. The number of rotatable bonds is 8. The molecule has 0 radical (unpaired) electrons. The molecule has 0 aromatic heterocycles. The zero-order valence-electron chi connectivity index (χ0n) is 12.5. The van der Waals surface area contributed by atoms with E-state index in [9.17, 15) is 14.7 Å².